The Morgan fingerprint density at radius 2 is 2.53 bits per heavy atom. The van der Waals surface area contributed by atoms with E-state index in [9.17, 15) is 0 Å². The molecule has 0 aliphatic carbocycles. The van der Waals surface area contributed by atoms with Crippen molar-refractivity contribution in [3.8, 4) is 0 Å². The molecule has 1 aromatic heterocycles. The normalized spacial score (nSPS) is 22.9. The van der Waals surface area contributed by atoms with Crippen LogP contribution in [0.5, 0.6) is 0 Å². The fourth-order valence-electron chi connectivity index (χ4n) is 1.80. The van der Waals surface area contributed by atoms with Gasteiger partial charge in [0.05, 0.1) is 12.2 Å². The minimum Gasteiger partial charge on any atom is -0.369 e. The molecule has 1 aromatic rings. The molecular formula is C11H15ClN2O. The van der Waals surface area contributed by atoms with E-state index in [1.807, 2.05) is 6.92 Å². The first-order chi connectivity index (χ1) is 7.27. The molecule has 4 heteroatoms. The third-order valence-corrected chi connectivity index (χ3v) is 2.99. The summed E-state index contributed by atoms with van der Waals surface area (Å²) in [6, 6.07) is 1.80. The molecule has 1 fully saturated rings. The summed E-state index contributed by atoms with van der Waals surface area (Å²) in [7, 11) is 0. The van der Waals surface area contributed by atoms with E-state index in [1.54, 1.807) is 18.5 Å². The number of hydrogen-bond acceptors (Lipinski definition) is 3. The highest BCUT2D eigenvalue weighted by Crippen LogP contribution is 2.26. The highest BCUT2D eigenvalue weighted by Gasteiger charge is 2.19. The molecular weight excluding hydrogens is 212 g/mol. The van der Waals surface area contributed by atoms with Crippen LogP contribution < -0.4 is 5.32 Å². The molecule has 0 bridgehead atoms. The fraction of sp³-hybridized carbons (Fsp3) is 0.545. The minimum absolute atomic E-state index is 0.0103. The van der Waals surface area contributed by atoms with E-state index in [2.05, 4.69) is 10.3 Å². The van der Waals surface area contributed by atoms with Crippen molar-refractivity contribution in [3.63, 3.8) is 0 Å². The average molecular weight is 227 g/mol. The van der Waals surface area contributed by atoms with Gasteiger partial charge in [-0.2, -0.15) is 0 Å². The Balaban J connectivity index is 2.00. The topological polar surface area (TPSA) is 34.1 Å². The third-order valence-electron chi connectivity index (χ3n) is 2.65. The zero-order chi connectivity index (χ0) is 10.7. The van der Waals surface area contributed by atoms with E-state index >= 15 is 0 Å². The minimum atomic E-state index is 0.0103. The average Bonchev–Trinajstić information content (AvgIpc) is 2.71. The maximum atomic E-state index is 6.07. The van der Waals surface area contributed by atoms with Crippen molar-refractivity contribution in [1.29, 1.82) is 0 Å². The second-order valence-electron chi connectivity index (χ2n) is 3.79. The Kier molecular flexibility index (Phi) is 3.57. The van der Waals surface area contributed by atoms with Gasteiger partial charge in [-0.1, -0.05) is 11.6 Å². The number of hydrogen-bond donors (Lipinski definition) is 1. The number of pyridine rings is 1. The maximum Gasteiger partial charge on any atom is 0.0830 e. The predicted octanol–water partition coefficient (Wildman–Crippen LogP) is 2.17. The van der Waals surface area contributed by atoms with E-state index in [1.165, 1.54) is 0 Å². The fourth-order valence-corrected chi connectivity index (χ4v) is 2.05. The summed E-state index contributed by atoms with van der Waals surface area (Å²) in [5.41, 5.74) is 0.964. The summed E-state index contributed by atoms with van der Waals surface area (Å²) in [6.45, 7) is 3.99. The number of aromatic nitrogens is 1. The second-order valence-corrected chi connectivity index (χ2v) is 4.20. The molecule has 1 aliphatic heterocycles. The number of nitrogens with zero attached hydrogens (tertiary/aromatic N) is 1. The van der Waals surface area contributed by atoms with E-state index in [-0.39, 0.29) is 6.10 Å². The molecule has 0 radical (unpaired) electrons. The van der Waals surface area contributed by atoms with Gasteiger partial charge in [-0.25, -0.2) is 0 Å². The molecule has 0 amide bonds. The van der Waals surface area contributed by atoms with Gasteiger partial charge >= 0.3 is 0 Å². The van der Waals surface area contributed by atoms with Gasteiger partial charge in [0.25, 0.3) is 0 Å². The molecule has 0 saturated carbocycles. The lowest BCUT2D eigenvalue weighted by molar-refractivity contribution is 0.00817. The smallest absolute Gasteiger partial charge is 0.0830 e. The van der Waals surface area contributed by atoms with Crippen molar-refractivity contribution in [2.75, 3.05) is 13.1 Å². The lowest BCUT2D eigenvalue weighted by Crippen LogP contribution is -2.18. The Morgan fingerprint density at radius 1 is 1.67 bits per heavy atom. The zero-order valence-electron chi connectivity index (χ0n) is 8.74. The largest absolute Gasteiger partial charge is 0.369 e. The van der Waals surface area contributed by atoms with Crippen molar-refractivity contribution >= 4 is 11.6 Å². The van der Waals surface area contributed by atoms with Gasteiger partial charge in [-0.05, 0) is 26.0 Å². The first kappa shape index (κ1) is 10.9. The van der Waals surface area contributed by atoms with Gasteiger partial charge < -0.3 is 10.1 Å². The number of rotatable bonds is 3. The first-order valence-electron chi connectivity index (χ1n) is 5.23. The van der Waals surface area contributed by atoms with E-state index in [0.29, 0.717) is 6.10 Å². The molecule has 3 nitrogen and oxygen atoms in total. The highest BCUT2D eigenvalue weighted by molar-refractivity contribution is 6.31. The second kappa shape index (κ2) is 4.92. The van der Waals surface area contributed by atoms with Crippen LogP contribution >= 0.6 is 11.6 Å². The van der Waals surface area contributed by atoms with Crippen LogP contribution in [0.2, 0.25) is 5.02 Å². The van der Waals surface area contributed by atoms with Gasteiger partial charge in [0.15, 0.2) is 0 Å². The summed E-state index contributed by atoms with van der Waals surface area (Å²) in [5, 5.41) is 4.00. The molecule has 2 rings (SSSR count). The molecule has 0 spiro atoms. The van der Waals surface area contributed by atoms with Crippen molar-refractivity contribution in [3.05, 3.63) is 29.0 Å². The van der Waals surface area contributed by atoms with Gasteiger partial charge in [0, 0.05) is 29.5 Å². The molecule has 1 N–H and O–H groups in total. The lowest BCUT2D eigenvalue weighted by Gasteiger charge is -2.18. The number of halogens is 1. The van der Waals surface area contributed by atoms with Crippen LogP contribution in [-0.2, 0) is 4.74 Å². The molecule has 0 unspecified atom stereocenters. The standard InChI is InChI=1S/C11H15ClN2O/c1-8(15-9-2-4-13-6-9)10-7-14-5-3-11(10)12/h3,5,7-9,13H,2,4,6H2,1H3/t8-,9-/m1/s1. The molecule has 2 heterocycles. The van der Waals surface area contributed by atoms with Crippen LogP contribution in [0.1, 0.15) is 25.0 Å². The van der Waals surface area contributed by atoms with Crippen molar-refractivity contribution < 1.29 is 4.74 Å². The van der Waals surface area contributed by atoms with Crippen LogP contribution in [0.4, 0.5) is 0 Å². The third kappa shape index (κ3) is 2.68. The molecule has 2 atom stereocenters. The Morgan fingerprint density at radius 3 is 3.20 bits per heavy atom. The van der Waals surface area contributed by atoms with Gasteiger partial charge in [-0.3, -0.25) is 4.98 Å². The Bertz CT molecular complexity index is 326. The van der Waals surface area contributed by atoms with Crippen LogP contribution in [-0.4, -0.2) is 24.2 Å². The van der Waals surface area contributed by atoms with Crippen LogP contribution in [0, 0.1) is 0 Å². The summed E-state index contributed by atoms with van der Waals surface area (Å²) in [5.74, 6) is 0. The van der Waals surface area contributed by atoms with Crippen molar-refractivity contribution in [1.82, 2.24) is 10.3 Å². The monoisotopic (exact) mass is 226 g/mol. The van der Waals surface area contributed by atoms with E-state index in [4.69, 9.17) is 16.3 Å². The summed E-state index contributed by atoms with van der Waals surface area (Å²) in [4.78, 5) is 4.06. The Labute approximate surface area is 94.8 Å². The van der Waals surface area contributed by atoms with Crippen LogP contribution in [0.3, 0.4) is 0 Å². The van der Waals surface area contributed by atoms with Gasteiger partial charge in [0.1, 0.15) is 0 Å². The Hall–Kier alpha value is -0.640. The van der Waals surface area contributed by atoms with Crippen LogP contribution in [0.25, 0.3) is 0 Å². The molecule has 82 valence electrons. The van der Waals surface area contributed by atoms with Gasteiger partial charge in [0.2, 0.25) is 0 Å². The van der Waals surface area contributed by atoms with Crippen LogP contribution in [0.15, 0.2) is 18.5 Å². The molecule has 15 heavy (non-hydrogen) atoms. The lowest BCUT2D eigenvalue weighted by atomic mass is 10.2. The van der Waals surface area contributed by atoms with Gasteiger partial charge in [-0.15, -0.1) is 0 Å². The summed E-state index contributed by atoms with van der Waals surface area (Å²) >= 11 is 6.07. The highest BCUT2D eigenvalue weighted by atomic mass is 35.5. The molecule has 0 aromatic carbocycles. The van der Waals surface area contributed by atoms with E-state index < -0.39 is 0 Å². The summed E-state index contributed by atoms with van der Waals surface area (Å²) in [6.07, 6.45) is 4.85. The van der Waals surface area contributed by atoms with E-state index in [0.717, 1.165) is 30.1 Å². The summed E-state index contributed by atoms with van der Waals surface area (Å²) < 4.78 is 5.89. The number of nitrogens with one attached hydrogen (secondary N) is 1. The molecule has 1 saturated heterocycles. The maximum absolute atomic E-state index is 6.07. The van der Waals surface area contributed by atoms with Crippen molar-refractivity contribution in [2.45, 2.75) is 25.6 Å². The quantitative estimate of drug-likeness (QED) is 0.858. The predicted molar refractivity (Wildman–Crippen MR) is 60.0 cm³/mol. The SMILES string of the molecule is C[C@@H](O[C@@H]1CCNC1)c1cnccc1Cl. The first-order valence-corrected chi connectivity index (χ1v) is 5.61. The van der Waals surface area contributed by atoms with Crippen molar-refractivity contribution in [2.24, 2.45) is 0 Å². The zero-order valence-corrected chi connectivity index (χ0v) is 9.50. The molecule has 1 aliphatic rings. The number of ether oxygens (including phenoxy) is 1.